The van der Waals surface area contributed by atoms with Gasteiger partial charge >= 0.3 is 0 Å². The average Bonchev–Trinajstić information content (AvgIpc) is 2.96. The number of carbonyl (C=O) groups excluding carboxylic acids is 1. The Morgan fingerprint density at radius 3 is 2.62 bits per heavy atom. The van der Waals surface area contributed by atoms with E-state index in [0.717, 1.165) is 0 Å². The lowest BCUT2D eigenvalue weighted by Gasteiger charge is -2.25. The molecule has 2 heterocycles. The van der Waals surface area contributed by atoms with Crippen LogP contribution in [0.3, 0.4) is 0 Å². The van der Waals surface area contributed by atoms with Gasteiger partial charge in [0, 0.05) is 44.4 Å². The fraction of sp³-hybridized carbons (Fsp3) is 0.444. The molecular formula is C18H22Cl2N4O4S. The number of benzene rings is 1. The van der Waals surface area contributed by atoms with E-state index in [9.17, 15) is 13.2 Å². The zero-order chi connectivity index (χ0) is 21.2. The molecule has 1 atom stereocenters. The predicted molar refractivity (Wildman–Crippen MR) is 110 cm³/mol. The van der Waals surface area contributed by atoms with Crippen LogP contribution in [-0.4, -0.2) is 65.6 Å². The van der Waals surface area contributed by atoms with E-state index in [-0.39, 0.29) is 23.9 Å². The highest BCUT2D eigenvalue weighted by Gasteiger charge is 2.31. The van der Waals surface area contributed by atoms with Gasteiger partial charge in [0.15, 0.2) is 6.10 Å². The van der Waals surface area contributed by atoms with Crippen molar-refractivity contribution in [1.82, 2.24) is 19.0 Å². The zero-order valence-corrected chi connectivity index (χ0v) is 18.4. The third kappa shape index (κ3) is 5.03. The maximum absolute atomic E-state index is 12.8. The van der Waals surface area contributed by atoms with Crippen LogP contribution in [0.5, 0.6) is 5.75 Å². The van der Waals surface area contributed by atoms with E-state index in [1.807, 2.05) is 0 Å². The van der Waals surface area contributed by atoms with Gasteiger partial charge in [-0.1, -0.05) is 23.2 Å². The lowest BCUT2D eigenvalue weighted by molar-refractivity contribution is -0.137. The molecule has 3 rings (SSSR count). The first-order valence-electron chi connectivity index (χ1n) is 9.08. The van der Waals surface area contributed by atoms with Crippen molar-refractivity contribution in [2.24, 2.45) is 7.05 Å². The molecule has 2 aromatic rings. The Labute approximate surface area is 180 Å². The molecule has 1 aromatic heterocycles. The monoisotopic (exact) mass is 460 g/mol. The summed E-state index contributed by atoms with van der Waals surface area (Å²) in [6.45, 7) is 2.90. The van der Waals surface area contributed by atoms with E-state index >= 15 is 0 Å². The van der Waals surface area contributed by atoms with Crippen molar-refractivity contribution in [2.45, 2.75) is 24.3 Å². The van der Waals surface area contributed by atoms with Gasteiger partial charge in [-0.05, 0) is 31.5 Å². The molecule has 1 aliphatic rings. The summed E-state index contributed by atoms with van der Waals surface area (Å²) in [4.78, 5) is 14.6. The summed E-state index contributed by atoms with van der Waals surface area (Å²) in [7, 11) is -1.98. The summed E-state index contributed by atoms with van der Waals surface area (Å²) < 4.78 is 34.1. The summed E-state index contributed by atoms with van der Waals surface area (Å²) in [5, 5.41) is 4.73. The second-order valence-corrected chi connectivity index (χ2v) is 9.55. The molecule has 29 heavy (non-hydrogen) atoms. The normalized spacial score (nSPS) is 17.0. The molecule has 158 valence electrons. The Kier molecular flexibility index (Phi) is 6.72. The number of hydrogen-bond acceptors (Lipinski definition) is 5. The highest BCUT2D eigenvalue weighted by molar-refractivity contribution is 7.89. The Morgan fingerprint density at radius 2 is 1.97 bits per heavy atom. The van der Waals surface area contributed by atoms with E-state index in [0.29, 0.717) is 35.3 Å². The zero-order valence-electron chi connectivity index (χ0n) is 16.1. The molecule has 0 N–H and O–H groups in total. The van der Waals surface area contributed by atoms with Crippen molar-refractivity contribution in [3.8, 4) is 5.75 Å². The first-order valence-corrected chi connectivity index (χ1v) is 11.3. The van der Waals surface area contributed by atoms with Crippen molar-refractivity contribution in [1.29, 1.82) is 0 Å². The number of ether oxygens (including phenoxy) is 1. The topological polar surface area (TPSA) is 84.7 Å². The maximum Gasteiger partial charge on any atom is 0.263 e. The van der Waals surface area contributed by atoms with Crippen LogP contribution < -0.4 is 4.74 Å². The summed E-state index contributed by atoms with van der Waals surface area (Å²) in [5.41, 5.74) is 0. The van der Waals surface area contributed by atoms with Crippen LogP contribution >= 0.6 is 23.2 Å². The van der Waals surface area contributed by atoms with Gasteiger partial charge in [0.05, 0.1) is 11.2 Å². The number of nitrogens with zero attached hydrogens (tertiary/aromatic N) is 4. The minimum absolute atomic E-state index is 0.147. The minimum atomic E-state index is -3.64. The second-order valence-electron chi connectivity index (χ2n) is 6.77. The number of sulfonamides is 1. The molecule has 11 heteroatoms. The van der Waals surface area contributed by atoms with Gasteiger partial charge in [0.1, 0.15) is 10.6 Å². The van der Waals surface area contributed by atoms with Crippen molar-refractivity contribution in [3.05, 3.63) is 40.6 Å². The Hall–Kier alpha value is -1.81. The van der Waals surface area contributed by atoms with E-state index in [1.165, 1.54) is 21.4 Å². The van der Waals surface area contributed by atoms with Crippen LogP contribution in [0.15, 0.2) is 35.5 Å². The molecular weight excluding hydrogens is 439 g/mol. The predicted octanol–water partition coefficient (Wildman–Crippen LogP) is 2.42. The van der Waals surface area contributed by atoms with E-state index in [1.54, 1.807) is 37.1 Å². The maximum atomic E-state index is 12.8. The quantitative estimate of drug-likeness (QED) is 0.683. The Balaban J connectivity index is 1.64. The molecule has 0 saturated carbocycles. The van der Waals surface area contributed by atoms with Gasteiger partial charge < -0.3 is 9.64 Å². The van der Waals surface area contributed by atoms with E-state index < -0.39 is 16.1 Å². The molecule has 1 aromatic carbocycles. The molecule has 8 nitrogen and oxygen atoms in total. The number of aromatic nitrogens is 2. The van der Waals surface area contributed by atoms with Gasteiger partial charge in [-0.15, -0.1) is 0 Å². The molecule has 0 aliphatic carbocycles. The van der Waals surface area contributed by atoms with Crippen molar-refractivity contribution in [3.63, 3.8) is 0 Å². The first-order chi connectivity index (χ1) is 13.7. The highest BCUT2D eigenvalue weighted by Crippen LogP contribution is 2.28. The fourth-order valence-corrected chi connectivity index (χ4v) is 5.01. The number of rotatable bonds is 5. The van der Waals surface area contributed by atoms with Crippen LogP contribution in [0, 0.1) is 0 Å². The number of amides is 1. The number of hydrogen-bond donors (Lipinski definition) is 0. The Morgan fingerprint density at radius 1 is 1.21 bits per heavy atom. The molecule has 1 amide bonds. The van der Waals surface area contributed by atoms with Crippen LogP contribution in [0.25, 0.3) is 0 Å². The standard InChI is InChI=1S/C18H22Cl2N4O4S/c1-13(28-17-5-4-14(19)10-16(17)20)18(25)23-6-3-7-24(9-8-23)29(26,27)15-11-21-22(2)12-15/h4-5,10-13H,3,6-9H2,1-2H3. The average molecular weight is 461 g/mol. The SMILES string of the molecule is CC(Oc1ccc(Cl)cc1Cl)C(=O)N1CCCN(S(=O)(=O)c2cnn(C)c2)CC1. The molecule has 1 fully saturated rings. The van der Waals surface area contributed by atoms with Crippen LogP contribution in [0.2, 0.25) is 10.0 Å². The molecule has 0 radical (unpaired) electrons. The smallest absolute Gasteiger partial charge is 0.263 e. The summed E-state index contributed by atoms with van der Waals surface area (Å²) in [6.07, 6.45) is 2.55. The van der Waals surface area contributed by atoms with Crippen molar-refractivity contribution < 1.29 is 17.9 Å². The van der Waals surface area contributed by atoms with E-state index in [4.69, 9.17) is 27.9 Å². The largest absolute Gasteiger partial charge is 0.479 e. The van der Waals surface area contributed by atoms with Gasteiger partial charge in [-0.3, -0.25) is 9.48 Å². The number of carbonyl (C=O) groups is 1. The van der Waals surface area contributed by atoms with Crippen molar-refractivity contribution >= 4 is 39.1 Å². The van der Waals surface area contributed by atoms with Gasteiger partial charge in [0.25, 0.3) is 5.91 Å². The van der Waals surface area contributed by atoms with Gasteiger partial charge in [0.2, 0.25) is 10.0 Å². The molecule has 1 unspecified atom stereocenters. The summed E-state index contributed by atoms with van der Waals surface area (Å²) >= 11 is 12.0. The first kappa shape index (κ1) is 21.9. The van der Waals surface area contributed by atoms with Crippen LogP contribution in [0.4, 0.5) is 0 Å². The lowest BCUT2D eigenvalue weighted by Crippen LogP contribution is -2.43. The molecule has 1 saturated heterocycles. The molecule has 1 aliphatic heterocycles. The number of aryl methyl sites for hydroxylation is 1. The van der Waals surface area contributed by atoms with Gasteiger partial charge in [-0.2, -0.15) is 9.40 Å². The number of halogens is 2. The fourth-order valence-electron chi connectivity index (χ4n) is 3.10. The third-order valence-corrected chi connectivity index (χ3v) is 7.01. The minimum Gasteiger partial charge on any atom is -0.479 e. The molecule has 0 bridgehead atoms. The summed E-state index contributed by atoms with van der Waals surface area (Å²) in [6, 6.07) is 4.79. The Bertz CT molecular complexity index is 995. The third-order valence-electron chi connectivity index (χ3n) is 4.63. The summed E-state index contributed by atoms with van der Waals surface area (Å²) in [5.74, 6) is 0.143. The highest BCUT2D eigenvalue weighted by atomic mass is 35.5. The van der Waals surface area contributed by atoms with Crippen molar-refractivity contribution in [2.75, 3.05) is 26.2 Å². The lowest BCUT2D eigenvalue weighted by atomic mass is 10.3. The molecule has 0 spiro atoms. The van der Waals surface area contributed by atoms with Crippen LogP contribution in [-0.2, 0) is 21.9 Å². The van der Waals surface area contributed by atoms with Gasteiger partial charge in [-0.25, -0.2) is 8.42 Å². The van der Waals surface area contributed by atoms with E-state index in [2.05, 4.69) is 5.10 Å². The van der Waals surface area contributed by atoms with Crippen LogP contribution in [0.1, 0.15) is 13.3 Å². The second kappa shape index (κ2) is 8.91.